The van der Waals surface area contributed by atoms with Crippen molar-refractivity contribution in [2.75, 3.05) is 26.9 Å². The molecule has 4 N–H and O–H groups in total. The van der Waals surface area contributed by atoms with E-state index in [1.54, 1.807) is 19.9 Å². The van der Waals surface area contributed by atoms with Gasteiger partial charge < -0.3 is 44.7 Å². The Morgan fingerprint density at radius 1 is 1.03 bits per heavy atom. The number of aryl methyl sites for hydroxylation is 1. The Balaban J connectivity index is 0.823. The van der Waals surface area contributed by atoms with E-state index in [1.807, 2.05) is 48.5 Å². The fraction of sp³-hybridized carbons (Fsp3) is 0.340. The molecule has 2 aliphatic heterocycles. The van der Waals surface area contributed by atoms with E-state index in [2.05, 4.69) is 16.0 Å². The number of hydrogen-bond donors (Lipinski definition) is 4. The average Bonchev–Trinajstić information content (AvgIpc) is 3.81. The second-order valence-electron chi connectivity index (χ2n) is 16.6. The monoisotopic (exact) mass is 872 g/mol. The summed E-state index contributed by atoms with van der Waals surface area (Å²) < 4.78 is 33.2. The Bertz CT molecular complexity index is 2850. The Morgan fingerprint density at radius 3 is 2.44 bits per heavy atom. The van der Waals surface area contributed by atoms with Crippen LogP contribution < -0.4 is 21.5 Å². The summed E-state index contributed by atoms with van der Waals surface area (Å²) in [5.41, 5.74) is 5.02. The molecule has 2 aliphatic carbocycles. The predicted octanol–water partition coefficient (Wildman–Crippen LogP) is 4.06. The van der Waals surface area contributed by atoms with Crippen molar-refractivity contribution in [1.29, 1.82) is 0 Å². The molecule has 0 spiro atoms. The van der Waals surface area contributed by atoms with Crippen LogP contribution in [0.15, 0.2) is 65.5 Å². The number of esters is 1. The van der Waals surface area contributed by atoms with E-state index in [1.165, 1.54) is 24.6 Å². The number of nitrogens with zero attached hydrogens (tertiary/aromatic N) is 3. The highest BCUT2D eigenvalue weighted by atomic mass is 19.1. The van der Waals surface area contributed by atoms with Crippen LogP contribution in [0, 0.1) is 12.7 Å². The summed E-state index contributed by atoms with van der Waals surface area (Å²) in [5.74, 6) is -3.00. The number of amides is 4. The number of fused-ring (bicyclic) bond motifs is 8. The molecule has 2 aromatic heterocycles. The van der Waals surface area contributed by atoms with E-state index < -0.39 is 71.6 Å². The van der Waals surface area contributed by atoms with Crippen LogP contribution in [0.25, 0.3) is 33.4 Å². The van der Waals surface area contributed by atoms with Gasteiger partial charge in [-0.15, -0.1) is 0 Å². The molecule has 0 saturated heterocycles. The standard InChI is InChI=1S/C47H45FN6O10/c1-5-47(61)32-16-36-41-30(18-54(36)44(58)31(32)20-63-45(47)59)40-34(15-14-25-23(2)33(48)17-35(51-41)39(25)40)52-43(57)24(3)50-38(56)21-62-22-49-37(55)19-53(4)46(60)64-42-28-12-8-6-10-26(28)27-11-7-9-13-29(27)42/h6-13,16-17,24,34,42,61H,5,14-15,18-22H2,1-4H3,(H,49,55)(H,50,56)(H,52,57)/t24-,34-,47-/m0/s1. The summed E-state index contributed by atoms with van der Waals surface area (Å²) in [5, 5.41) is 20.2. The van der Waals surface area contributed by atoms with Crippen LogP contribution >= 0.6 is 0 Å². The lowest BCUT2D eigenvalue weighted by Crippen LogP contribution is -2.47. The van der Waals surface area contributed by atoms with E-state index >= 15 is 4.39 Å². The minimum atomic E-state index is -2.03. The van der Waals surface area contributed by atoms with E-state index in [0.717, 1.165) is 32.7 Å². The van der Waals surface area contributed by atoms with Crippen LogP contribution in [0.5, 0.6) is 0 Å². The summed E-state index contributed by atoms with van der Waals surface area (Å²) >= 11 is 0. The van der Waals surface area contributed by atoms with Gasteiger partial charge in [-0.1, -0.05) is 55.5 Å². The average molecular weight is 873 g/mol. The molecule has 9 rings (SSSR count). The quantitative estimate of drug-likeness (QED) is 0.0830. The van der Waals surface area contributed by atoms with Gasteiger partial charge in [0.2, 0.25) is 17.7 Å². The van der Waals surface area contributed by atoms with Gasteiger partial charge in [0.15, 0.2) is 11.7 Å². The minimum Gasteiger partial charge on any atom is -0.458 e. The first-order valence-electron chi connectivity index (χ1n) is 21.1. The molecule has 0 fully saturated rings. The number of nitrogens with one attached hydrogen (secondary N) is 3. The van der Waals surface area contributed by atoms with E-state index in [0.29, 0.717) is 51.8 Å². The Labute approximate surface area is 365 Å². The number of carbonyl (C=O) groups is 5. The van der Waals surface area contributed by atoms with Crippen molar-refractivity contribution in [3.63, 3.8) is 0 Å². The molecule has 0 saturated carbocycles. The SMILES string of the molecule is CC[C@@]1(O)C(=O)OCc2c1cc1n(c2=O)Cc2c-1nc1cc(F)c(C)c3c1c2[C@@H](NC(=O)[C@H](C)NC(=O)COCNC(=O)CN(C)C(=O)OC1c2ccccc2-c2ccccc21)CC3. The van der Waals surface area contributed by atoms with Crippen LogP contribution in [0.1, 0.15) is 83.3 Å². The van der Waals surface area contributed by atoms with Gasteiger partial charge in [-0.05, 0) is 67.0 Å². The fourth-order valence-electron chi connectivity index (χ4n) is 9.38. The molecule has 330 valence electrons. The van der Waals surface area contributed by atoms with E-state index in [-0.39, 0.29) is 44.0 Å². The number of carbonyl (C=O) groups excluding carboxylic acids is 5. The van der Waals surface area contributed by atoms with Crippen molar-refractivity contribution in [1.82, 2.24) is 30.4 Å². The number of benzene rings is 3. The van der Waals surface area contributed by atoms with E-state index in [9.17, 15) is 33.9 Å². The third kappa shape index (κ3) is 7.04. The number of rotatable bonds is 11. The number of hydrogen-bond acceptors (Lipinski definition) is 11. The molecule has 0 bridgehead atoms. The minimum absolute atomic E-state index is 0.0325. The first-order chi connectivity index (χ1) is 30.7. The van der Waals surface area contributed by atoms with Crippen molar-refractivity contribution in [2.24, 2.45) is 0 Å². The molecule has 5 aromatic rings. The van der Waals surface area contributed by atoms with Gasteiger partial charge in [0, 0.05) is 40.8 Å². The lowest BCUT2D eigenvalue weighted by Gasteiger charge is -2.31. The van der Waals surface area contributed by atoms with Gasteiger partial charge in [-0.25, -0.2) is 19.0 Å². The summed E-state index contributed by atoms with van der Waals surface area (Å²) in [6.07, 6.45) is -0.547. The van der Waals surface area contributed by atoms with Gasteiger partial charge in [0.1, 0.15) is 38.3 Å². The number of halogens is 1. The normalized spacial score (nSPS) is 18.2. The lowest BCUT2D eigenvalue weighted by atomic mass is 9.81. The summed E-state index contributed by atoms with van der Waals surface area (Å²) in [6.45, 7) is 3.41. The van der Waals surface area contributed by atoms with Crippen molar-refractivity contribution in [2.45, 2.75) is 77.0 Å². The highest BCUT2D eigenvalue weighted by molar-refractivity contribution is 5.95. The number of cyclic esters (lactones) is 1. The topological polar surface area (TPSA) is 207 Å². The van der Waals surface area contributed by atoms with Crippen LogP contribution in [0.2, 0.25) is 0 Å². The maximum atomic E-state index is 15.3. The molecule has 0 unspecified atom stereocenters. The third-order valence-corrected chi connectivity index (χ3v) is 12.8. The molecule has 16 nitrogen and oxygen atoms in total. The molecule has 3 aromatic carbocycles. The van der Waals surface area contributed by atoms with Crippen LogP contribution in [-0.2, 0) is 58.6 Å². The smallest absolute Gasteiger partial charge is 0.410 e. The highest BCUT2D eigenvalue weighted by Gasteiger charge is 2.46. The summed E-state index contributed by atoms with van der Waals surface area (Å²) in [7, 11) is 1.44. The maximum Gasteiger partial charge on any atom is 0.410 e. The van der Waals surface area contributed by atoms with Gasteiger partial charge in [0.05, 0.1) is 35.1 Å². The Kier molecular flexibility index (Phi) is 10.8. The highest BCUT2D eigenvalue weighted by Crippen LogP contribution is 2.47. The first kappa shape index (κ1) is 42.3. The van der Waals surface area contributed by atoms with Gasteiger partial charge in [0.25, 0.3) is 5.56 Å². The zero-order valence-corrected chi connectivity index (χ0v) is 35.5. The number of ether oxygens (including phenoxy) is 3. The molecular formula is C47H45FN6O10. The number of likely N-dealkylation sites (N-methyl/N-ethyl adjacent to an activating group) is 1. The predicted molar refractivity (Wildman–Crippen MR) is 228 cm³/mol. The molecule has 3 atom stereocenters. The number of pyridine rings is 2. The number of aliphatic hydroxyl groups is 1. The fourth-order valence-corrected chi connectivity index (χ4v) is 9.38. The zero-order chi connectivity index (χ0) is 45.2. The summed E-state index contributed by atoms with van der Waals surface area (Å²) in [6, 6.07) is 16.6. The molecule has 4 aliphatic rings. The largest absolute Gasteiger partial charge is 0.458 e. The van der Waals surface area contributed by atoms with Gasteiger partial charge >= 0.3 is 12.1 Å². The van der Waals surface area contributed by atoms with Crippen molar-refractivity contribution in [3.8, 4) is 22.5 Å². The van der Waals surface area contributed by atoms with Crippen LogP contribution in [-0.4, -0.2) is 82.3 Å². The van der Waals surface area contributed by atoms with Crippen molar-refractivity contribution >= 4 is 40.7 Å². The van der Waals surface area contributed by atoms with Crippen molar-refractivity contribution < 1.29 is 47.7 Å². The Hall–Kier alpha value is -6.98. The lowest BCUT2D eigenvalue weighted by molar-refractivity contribution is -0.172. The molecule has 0 radical (unpaired) electrons. The zero-order valence-electron chi connectivity index (χ0n) is 35.5. The second-order valence-corrected chi connectivity index (χ2v) is 16.6. The van der Waals surface area contributed by atoms with Crippen molar-refractivity contribution in [3.05, 3.63) is 121 Å². The second kappa shape index (κ2) is 16.3. The molecule has 64 heavy (non-hydrogen) atoms. The van der Waals surface area contributed by atoms with Gasteiger partial charge in [-0.3, -0.25) is 19.2 Å². The van der Waals surface area contributed by atoms with Crippen LogP contribution in [0.3, 0.4) is 0 Å². The van der Waals surface area contributed by atoms with E-state index in [4.69, 9.17) is 19.2 Å². The molecule has 4 amide bonds. The maximum absolute atomic E-state index is 15.3. The Morgan fingerprint density at radius 2 is 1.73 bits per heavy atom. The van der Waals surface area contributed by atoms with Crippen LogP contribution in [0.4, 0.5) is 9.18 Å². The summed E-state index contributed by atoms with van der Waals surface area (Å²) in [4.78, 5) is 84.9. The molecule has 17 heteroatoms. The third-order valence-electron chi connectivity index (χ3n) is 12.8. The van der Waals surface area contributed by atoms with Gasteiger partial charge in [-0.2, -0.15) is 0 Å². The molecule has 4 heterocycles. The molecular weight excluding hydrogens is 828 g/mol. The number of aromatic nitrogens is 2. The first-order valence-corrected chi connectivity index (χ1v) is 21.1.